The van der Waals surface area contributed by atoms with Crippen LogP contribution >= 0.6 is 11.6 Å². The second-order valence-electron chi connectivity index (χ2n) is 9.30. The van der Waals surface area contributed by atoms with E-state index in [1.807, 2.05) is 42.3 Å². The van der Waals surface area contributed by atoms with E-state index in [0.29, 0.717) is 22.4 Å². The maximum Gasteiger partial charge on any atom is 0.272 e. The van der Waals surface area contributed by atoms with Crippen molar-refractivity contribution in [3.63, 3.8) is 0 Å². The monoisotopic (exact) mass is 491 g/mol. The fraction of sp³-hybridized carbons (Fsp3) is 0.357. The number of carbonyl (C=O) groups is 1. The number of aromatic nitrogens is 1. The number of hydrogen-bond donors (Lipinski definition) is 0. The van der Waals surface area contributed by atoms with Gasteiger partial charge in [0.2, 0.25) is 6.79 Å². The molecule has 35 heavy (non-hydrogen) atoms. The predicted octanol–water partition coefficient (Wildman–Crippen LogP) is 5.06. The van der Waals surface area contributed by atoms with Crippen LogP contribution < -0.4 is 9.47 Å². The zero-order valence-corrected chi connectivity index (χ0v) is 20.7. The molecule has 2 aliphatic heterocycles. The van der Waals surface area contributed by atoms with Gasteiger partial charge in [-0.3, -0.25) is 14.7 Å². The van der Waals surface area contributed by atoms with Crippen LogP contribution in [0.15, 0.2) is 66.9 Å². The molecule has 1 aromatic heterocycles. The summed E-state index contributed by atoms with van der Waals surface area (Å²) in [7, 11) is 1.92. The van der Waals surface area contributed by atoms with Crippen molar-refractivity contribution in [3.8, 4) is 11.5 Å². The van der Waals surface area contributed by atoms with Crippen LogP contribution in [0.3, 0.4) is 0 Å². The van der Waals surface area contributed by atoms with Gasteiger partial charge < -0.3 is 14.4 Å². The van der Waals surface area contributed by atoms with Gasteiger partial charge in [-0.1, -0.05) is 48.0 Å². The summed E-state index contributed by atoms with van der Waals surface area (Å²) in [5, 5.41) is 0.707. The first kappa shape index (κ1) is 23.6. The van der Waals surface area contributed by atoms with E-state index < -0.39 is 0 Å². The summed E-state index contributed by atoms with van der Waals surface area (Å²) in [6, 6.07) is 19.9. The number of likely N-dealkylation sites (N-methyl/N-ethyl adjacent to an activating group) is 1. The number of piperidine rings is 1. The molecule has 7 heteroatoms. The number of halogens is 1. The van der Waals surface area contributed by atoms with Crippen molar-refractivity contribution in [2.45, 2.75) is 31.8 Å². The van der Waals surface area contributed by atoms with Gasteiger partial charge in [-0.2, -0.15) is 0 Å². The van der Waals surface area contributed by atoms with Crippen LogP contribution in [0.1, 0.15) is 34.5 Å². The summed E-state index contributed by atoms with van der Waals surface area (Å²) in [5.74, 6) is 1.84. The molecule has 182 valence electrons. The van der Waals surface area contributed by atoms with Crippen molar-refractivity contribution < 1.29 is 14.3 Å². The van der Waals surface area contributed by atoms with E-state index in [4.69, 9.17) is 21.1 Å². The molecule has 5 rings (SSSR count). The standard InChI is InChI=1S/C28H30ClN3O3/c1-31(28(33)24-9-5-6-12-30-24)25(15-20-7-3-2-4-8-20)21-10-13-32(14-11-21)18-22-16-26-27(17-23(22)29)35-19-34-26/h2-9,12,16-17,21,25H,10-11,13-15,18-19H2,1H3/t25-/m0/s1. The minimum Gasteiger partial charge on any atom is -0.454 e. The Balaban J connectivity index is 1.28. The van der Waals surface area contributed by atoms with Gasteiger partial charge in [0.1, 0.15) is 5.69 Å². The Hall–Kier alpha value is -3.09. The van der Waals surface area contributed by atoms with Crippen LogP contribution in [-0.2, 0) is 13.0 Å². The fourth-order valence-electron chi connectivity index (χ4n) is 5.11. The highest BCUT2D eigenvalue weighted by molar-refractivity contribution is 6.31. The molecule has 2 aliphatic rings. The Labute approximate surface area is 211 Å². The minimum atomic E-state index is -0.0268. The zero-order valence-electron chi connectivity index (χ0n) is 19.9. The lowest BCUT2D eigenvalue weighted by Gasteiger charge is -2.40. The molecule has 0 spiro atoms. The second kappa shape index (κ2) is 10.7. The smallest absolute Gasteiger partial charge is 0.272 e. The van der Waals surface area contributed by atoms with E-state index in [0.717, 1.165) is 50.2 Å². The summed E-state index contributed by atoms with van der Waals surface area (Å²) in [6.45, 7) is 2.92. The first-order valence-corrected chi connectivity index (χ1v) is 12.5. The lowest BCUT2D eigenvalue weighted by Crippen LogP contribution is -2.47. The number of rotatable bonds is 7. The molecule has 0 N–H and O–H groups in total. The summed E-state index contributed by atoms with van der Waals surface area (Å²) >= 11 is 6.52. The van der Waals surface area contributed by atoms with Crippen molar-refractivity contribution >= 4 is 17.5 Å². The maximum atomic E-state index is 13.3. The molecule has 1 fully saturated rings. The van der Waals surface area contributed by atoms with Gasteiger partial charge >= 0.3 is 0 Å². The quantitative estimate of drug-likeness (QED) is 0.462. The van der Waals surface area contributed by atoms with Gasteiger partial charge in [-0.25, -0.2) is 0 Å². The van der Waals surface area contributed by atoms with Crippen molar-refractivity contribution in [2.24, 2.45) is 5.92 Å². The highest BCUT2D eigenvalue weighted by atomic mass is 35.5. The molecule has 3 heterocycles. The molecule has 1 atom stereocenters. The molecule has 0 saturated carbocycles. The summed E-state index contributed by atoms with van der Waals surface area (Å²) in [6.07, 6.45) is 4.53. The van der Waals surface area contributed by atoms with Crippen molar-refractivity contribution in [3.05, 3.63) is 88.7 Å². The Morgan fingerprint density at radius 3 is 2.51 bits per heavy atom. The van der Waals surface area contributed by atoms with Crippen LogP contribution in [0.4, 0.5) is 0 Å². The highest BCUT2D eigenvalue weighted by Crippen LogP contribution is 2.37. The van der Waals surface area contributed by atoms with Crippen LogP contribution in [0.2, 0.25) is 5.02 Å². The molecular weight excluding hydrogens is 462 g/mol. The van der Waals surface area contributed by atoms with Crippen LogP contribution in [0, 0.1) is 5.92 Å². The number of amides is 1. The Morgan fingerprint density at radius 2 is 1.80 bits per heavy atom. The number of pyridine rings is 1. The summed E-state index contributed by atoms with van der Waals surface area (Å²) < 4.78 is 11.0. The molecule has 0 bridgehead atoms. The van der Waals surface area contributed by atoms with E-state index in [1.54, 1.807) is 12.3 Å². The van der Waals surface area contributed by atoms with Crippen LogP contribution in [0.25, 0.3) is 0 Å². The number of nitrogens with zero attached hydrogens (tertiary/aromatic N) is 3. The topological polar surface area (TPSA) is 54.9 Å². The molecule has 0 radical (unpaired) electrons. The third kappa shape index (κ3) is 5.44. The third-order valence-corrected chi connectivity index (χ3v) is 7.45. The molecule has 1 saturated heterocycles. The Bertz CT molecular complexity index is 1150. The van der Waals surface area contributed by atoms with Crippen LogP contribution in [0.5, 0.6) is 11.5 Å². The van der Waals surface area contributed by atoms with E-state index in [9.17, 15) is 4.79 Å². The number of benzene rings is 2. The predicted molar refractivity (Wildman–Crippen MR) is 136 cm³/mol. The normalized spacial score (nSPS) is 16.7. The number of likely N-dealkylation sites (tertiary alicyclic amines) is 1. The number of carbonyl (C=O) groups excluding carboxylic acids is 1. The van der Waals surface area contributed by atoms with Gasteiger partial charge in [-0.15, -0.1) is 0 Å². The van der Waals surface area contributed by atoms with Crippen molar-refractivity contribution in [1.29, 1.82) is 0 Å². The van der Waals surface area contributed by atoms with Crippen molar-refractivity contribution in [1.82, 2.24) is 14.8 Å². The van der Waals surface area contributed by atoms with Gasteiger partial charge in [-0.05, 0) is 67.6 Å². The number of hydrogen-bond acceptors (Lipinski definition) is 5. The van der Waals surface area contributed by atoms with Gasteiger partial charge in [0, 0.05) is 36.9 Å². The first-order valence-electron chi connectivity index (χ1n) is 12.1. The lowest BCUT2D eigenvalue weighted by molar-refractivity contribution is 0.0579. The van der Waals surface area contributed by atoms with Gasteiger partial charge in [0.05, 0.1) is 0 Å². The molecule has 0 unspecified atom stereocenters. The minimum absolute atomic E-state index is 0.0268. The summed E-state index contributed by atoms with van der Waals surface area (Å²) in [4.78, 5) is 21.9. The van der Waals surface area contributed by atoms with Crippen LogP contribution in [-0.4, -0.2) is 53.7 Å². The fourth-order valence-corrected chi connectivity index (χ4v) is 5.33. The Morgan fingerprint density at radius 1 is 1.09 bits per heavy atom. The second-order valence-corrected chi connectivity index (χ2v) is 9.71. The van der Waals surface area contributed by atoms with E-state index >= 15 is 0 Å². The zero-order chi connectivity index (χ0) is 24.2. The first-order chi connectivity index (χ1) is 17.1. The molecule has 1 amide bonds. The molecule has 3 aromatic rings. The van der Waals surface area contributed by atoms with Gasteiger partial charge in [0.25, 0.3) is 5.91 Å². The average molecular weight is 492 g/mol. The number of ether oxygens (including phenoxy) is 2. The largest absolute Gasteiger partial charge is 0.454 e. The average Bonchev–Trinajstić information content (AvgIpc) is 3.35. The SMILES string of the molecule is CN(C(=O)c1ccccn1)[C@@H](Cc1ccccc1)C1CCN(Cc2cc3c(cc2Cl)OCO3)CC1. The van der Waals surface area contributed by atoms with Gasteiger partial charge in [0.15, 0.2) is 11.5 Å². The van der Waals surface area contributed by atoms with E-state index in [1.165, 1.54) is 5.56 Å². The summed E-state index contributed by atoms with van der Waals surface area (Å²) in [5.41, 5.74) is 2.79. The lowest BCUT2D eigenvalue weighted by atomic mass is 9.84. The molecule has 6 nitrogen and oxygen atoms in total. The van der Waals surface area contributed by atoms with E-state index in [2.05, 4.69) is 34.1 Å². The molecular formula is C28H30ClN3O3. The van der Waals surface area contributed by atoms with E-state index in [-0.39, 0.29) is 18.7 Å². The number of fused-ring (bicyclic) bond motifs is 1. The highest BCUT2D eigenvalue weighted by Gasteiger charge is 2.32. The Kier molecular flexibility index (Phi) is 7.21. The molecule has 0 aliphatic carbocycles. The third-order valence-electron chi connectivity index (χ3n) is 7.10. The maximum absolute atomic E-state index is 13.3. The molecule has 2 aromatic carbocycles. The van der Waals surface area contributed by atoms with Crippen molar-refractivity contribution in [2.75, 3.05) is 26.9 Å².